The summed E-state index contributed by atoms with van der Waals surface area (Å²) < 4.78 is 0.906. The summed E-state index contributed by atoms with van der Waals surface area (Å²) in [5, 5.41) is 0.707. The van der Waals surface area contributed by atoms with Crippen LogP contribution in [0.3, 0.4) is 0 Å². The van der Waals surface area contributed by atoms with E-state index in [0.717, 1.165) is 15.6 Å². The predicted molar refractivity (Wildman–Crippen MR) is 70.9 cm³/mol. The van der Waals surface area contributed by atoms with Gasteiger partial charge in [-0.2, -0.15) is 0 Å². The molecule has 0 aromatic heterocycles. The van der Waals surface area contributed by atoms with Crippen molar-refractivity contribution in [1.82, 2.24) is 0 Å². The molecular weight excluding hydrogens is 286 g/mol. The van der Waals surface area contributed by atoms with E-state index in [9.17, 15) is 0 Å². The van der Waals surface area contributed by atoms with Gasteiger partial charge in [-0.25, -0.2) is 4.85 Å². The molecular formula is C13H7BrClN. The Kier molecular flexibility index (Phi) is 3.28. The Hall–Kier alpha value is -1.30. The molecule has 0 saturated heterocycles. The van der Waals surface area contributed by atoms with Crippen molar-refractivity contribution < 1.29 is 0 Å². The standard InChI is InChI=1S/C13H7BrClN/c1-16-11-5-6-12(13(14)8-11)9-3-2-4-10(15)7-9/h2-8H. The van der Waals surface area contributed by atoms with Crippen LogP contribution >= 0.6 is 27.5 Å². The lowest BCUT2D eigenvalue weighted by Gasteiger charge is -2.05. The quantitative estimate of drug-likeness (QED) is 0.627. The Morgan fingerprint density at radius 2 is 1.94 bits per heavy atom. The van der Waals surface area contributed by atoms with Gasteiger partial charge < -0.3 is 0 Å². The molecule has 16 heavy (non-hydrogen) atoms. The number of rotatable bonds is 1. The van der Waals surface area contributed by atoms with Crippen molar-refractivity contribution in [3.05, 3.63) is 63.4 Å². The monoisotopic (exact) mass is 291 g/mol. The molecule has 0 fully saturated rings. The first-order valence-corrected chi connectivity index (χ1v) is 5.81. The van der Waals surface area contributed by atoms with E-state index in [4.69, 9.17) is 18.2 Å². The molecule has 3 heteroatoms. The summed E-state index contributed by atoms with van der Waals surface area (Å²) in [6.07, 6.45) is 0. The minimum Gasteiger partial charge on any atom is -0.238 e. The van der Waals surface area contributed by atoms with Crippen LogP contribution in [-0.4, -0.2) is 0 Å². The third-order valence-electron chi connectivity index (χ3n) is 2.22. The molecule has 0 amide bonds. The topological polar surface area (TPSA) is 4.36 Å². The van der Waals surface area contributed by atoms with Gasteiger partial charge in [0, 0.05) is 9.50 Å². The lowest BCUT2D eigenvalue weighted by Crippen LogP contribution is -1.79. The Morgan fingerprint density at radius 3 is 2.56 bits per heavy atom. The van der Waals surface area contributed by atoms with Gasteiger partial charge in [0.25, 0.3) is 0 Å². The minimum atomic E-state index is 0.623. The van der Waals surface area contributed by atoms with E-state index in [0.29, 0.717) is 10.7 Å². The predicted octanol–water partition coefficient (Wildman–Crippen LogP) is 5.32. The van der Waals surface area contributed by atoms with Crippen molar-refractivity contribution in [3.63, 3.8) is 0 Å². The molecule has 0 unspecified atom stereocenters. The van der Waals surface area contributed by atoms with Gasteiger partial charge in [0.15, 0.2) is 5.69 Å². The average molecular weight is 293 g/mol. The van der Waals surface area contributed by atoms with Crippen LogP contribution in [0.2, 0.25) is 5.02 Å². The molecule has 0 N–H and O–H groups in total. The van der Waals surface area contributed by atoms with E-state index in [2.05, 4.69) is 20.8 Å². The highest BCUT2D eigenvalue weighted by molar-refractivity contribution is 9.10. The molecule has 0 heterocycles. The molecule has 0 aliphatic heterocycles. The van der Waals surface area contributed by atoms with Crippen molar-refractivity contribution in [2.45, 2.75) is 0 Å². The molecule has 0 aliphatic carbocycles. The van der Waals surface area contributed by atoms with Crippen LogP contribution < -0.4 is 0 Å². The molecule has 78 valence electrons. The van der Waals surface area contributed by atoms with E-state index in [1.807, 2.05) is 36.4 Å². The first kappa shape index (κ1) is 11.2. The van der Waals surface area contributed by atoms with E-state index >= 15 is 0 Å². The summed E-state index contributed by atoms with van der Waals surface area (Å²) in [4.78, 5) is 3.38. The number of benzene rings is 2. The van der Waals surface area contributed by atoms with Gasteiger partial charge in [-0.1, -0.05) is 51.8 Å². The highest BCUT2D eigenvalue weighted by Gasteiger charge is 2.04. The third-order valence-corrected chi connectivity index (χ3v) is 3.11. The van der Waals surface area contributed by atoms with Crippen molar-refractivity contribution in [2.24, 2.45) is 0 Å². The summed E-state index contributed by atoms with van der Waals surface area (Å²) in [5.41, 5.74) is 2.70. The van der Waals surface area contributed by atoms with E-state index < -0.39 is 0 Å². The molecule has 0 aliphatic rings. The Morgan fingerprint density at radius 1 is 1.12 bits per heavy atom. The van der Waals surface area contributed by atoms with Crippen LogP contribution in [-0.2, 0) is 0 Å². The largest absolute Gasteiger partial charge is 0.238 e. The molecule has 2 rings (SSSR count). The molecule has 0 bridgehead atoms. The van der Waals surface area contributed by atoms with Crippen molar-refractivity contribution in [2.75, 3.05) is 0 Å². The summed E-state index contributed by atoms with van der Waals surface area (Å²) >= 11 is 9.40. The van der Waals surface area contributed by atoms with Crippen LogP contribution in [0, 0.1) is 6.57 Å². The normalized spacial score (nSPS) is 9.81. The van der Waals surface area contributed by atoms with E-state index in [1.165, 1.54) is 0 Å². The summed E-state index contributed by atoms with van der Waals surface area (Å²) in [6, 6.07) is 13.2. The van der Waals surface area contributed by atoms with Gasteiger partial charge in [-0.15, -0.1) is 0 Å². The first-order chi connectivity index (χ1) is 7.70. The Bertz CT molecular complexity index is 572. The van der Waals surface area contributed by atoms with Crippen LogP contribution in [0.25, 0.3) is 16.0 Å². The SMILES string of the molecule is [C-]#[N+]c1ccc(-c2cccc(Cl)c2)c(Br)c1. The second-order valence-electron chi connectivity index (χ2n) is 3.29. The summed E-state index contributed by atoms with van der Waals surface area (Å²) in [7, 11) is 0. The van der Waals surface area contributed by atoms with Gasteiger partial charge in [0.2, 0.25) is 0 Å². The van der Waals surface area contributed by atoms with Crippen LogP contribution in [0.5, 0.6) is 0 Å². The maximum absolute atomic E-state index is 6.93. The number of halogens is 2. The fourth-order valence-electron chi connectivity index (χ4n) is 1.46. The first-order valence-electron chi connectivity index (χ1n) is 4.63. The van der Waals surface area contributed by atoms with Gasteiger partial charge >= 0.3 is 0 Å². The van der Waals surface area contributed by atoms with Crippen LogP contribution in [0.1, 0.15) is 0 Å². The highest BCUT2D eigenvalue weighted by Crippen LogP contribution is 2.32. The van der Waals surface area contributed by atoms with E-state index in [-0.39, 0.29) is 0 Å². The highest BCUT2D eigenvalue weighted by atomic mass is 79.9. The van der Waals surface area contributed by atoms with Crippen molar-refractivity contribution in [1.29, 1.82) is 0 Å². The molecule has 2 aromatic rings. The van der Waals surface area contributed by atoms with Gasteiger partial charge in [-0.05, 0) is 29.3 Å². The fourth-order valence-corrected chi connectivity index (χ4v) is 2.25. The lowest BCUT2D eigenvalue weighted by molar-refractivity contribution is 1.59. The maximum atomic E-state index is 6.93. The average Bonchev–Trinajstić information content (AvgIpc) is 2.28. The van der Waals surface area contributed by atoms with Crippen LogP contribution in [0.4, 0.5) is 5.69 Å². The minimum absolute atomic E-state index is 0.623. The fraction of sp³-hybridized carbons (Fsp3) is 0. The Labute approximate surface area is 108 Å². The summed E-state index contributed by atoms with van der Waals surface area (Å²) in [6.45, 7) is 6.93. The second-order valence-corrected chi connectivity index (χ2v) is 4.58. The van der Waals surface area contributed by atoms with Crippen molar-refractivity contribution in [3.8, 4) is 11.1 Å². The zero-order valence-corrected chi connectivity index (χ0v) is 10.6. The van der Waals surface area contributed by atoms with Gasteiger partial charge in [-0.3, -0.25) is 0 Å². The zero-order chi connectivity index (χ0) is 11.5. The molecule has 0 radical (unpaired) electrons. The smallest absolute Gasteiger partial charge is 0.188 e. The zero-order valence-electron chi connectivity index (χ0n) is 8.24. The maximum Gasteiger partial charge on any atom is 0.188 e. The van der Waals surface area contributed by atoms with E-state index in [1.54, 1.807) is 6.07 Å². The molecule has 0 spiro atoms. The summed E-state index contributed by atoms with van der Waals surface area (Å²) in [5.74, 6) is 0. The van der Waals surface area contributed by atoms with Crippen molar-refractivity contribution >= 4 is 33.2 Å². The van der Waals surface area contributed by atoms with Gasteiger partial charge in [0.05, 0.1) is 6.57 Å². The molecule has 2 aromatic carbocycles. The Balaban J connectivity index is 2.53. The second kappa shape index (κ2) is 4.69. The van der Waals surface area contributed by atoms with Gasteiger partial charge in [0.1, 0.15) is 0 Å². The number of hydrogen-bond acceptors (Lipinski definition) is 0. The number of hydrogen-bond donors (Lipinski definition) is 0. The molecule has 1 nitrogen and oxygen atoms in total. The third kappa shape index (κ3) is 2.27. The molecule has 0 atom stereocenters. The number of nitrogens with zero attached hydrogens (tertiary/aromatic N) is 1. The molecule has 0 saturated carbocycles. The van der Waals surface area contributed by atoms with Crippen LogP contribution in [0.15, 0.2) is 46.9 Å². The lowest BCUT2D eigenvalue weighted by atomic mass is 10.1.